The smallest absolute Gasteiger partial charge is 0.260 e. The highest BCUT2D eigenvalue weighted by Gasteiger charge is 2.25. The molecule has 0 aromatic heterocycles. The Hall–Kier alpha value is -2.53. The first kappa shape index (κ1) is 19.2. The Bertz CT molecular complexity index is 817. The summed E-state index contributed by atoms with van der Waals surface area (Å²) in [6.07, 6.45) is 0.856. The van der Waals surface area contributed by atoms with Crippen LogP contribution < -0.4 is 4.74 Å². The molecule has 0 spiro atoms. The number of carbonyl (C=O) groups excluding carboxylic acids is 2. The molecule has 2 aromatic rings. The maximum atomic E-state index is 12.5. The van der Waals surface area contributed by atoms with Crippen molar-refractivity contribution in [1.82, 2.24) is 9.80 Å². The van der Waals surface area contributed by atoms with Crippen molar-refractivity contribution in [3.8, 4) is 5.75 Å². The molecule has 5 nitrogen and oxygen atoms in total. The third kappa shape index (κ3) is 4.80. The van der Waals surface area contributed by atoms with Crippen molar-refractivity contribution in [1.29, 1.82) is 0 Å². The highest BCUT2D eigenvalue weighted by atomic mass is 35.5. The van der Waals surface area contributed by atoms with Gasteiger partial charge in [-0.25, -0.2) is 0 Å². The molecule has 0 aliphatic carbocycles. The van der Waals surface area contributed by atoms with E-state index in [1.807, 2.05) is 24.3 Å². The number of benzene rings is 2. The standard InChI is InChI=1S/C21H23ClN2O3/c1-2-16-6-3-4-9-19(16)27-15-20(25)23-10-12-24(13-11-23)21(26)17-7-5-8-18(22)14-17/h3-9,14H,2,10-13,15H2,1H3. The molecular formula is C21H23ClN2O3. The van der Waals surface area contributed by atoms with Gasteiger partial charge >= 0.3 is 0 Å². The number of hydrogen-bond acceptors (Lipinski definition) is 3. The van der Waals surface area contributed by atoms with Crippen LogP contribution in [0, 0.1) is 0 Å². The molecule has 1 saturated heterocycles. The Labute approximate surface area is 164 Å². The summed E-state index contributed by atoms with van der Waals surface area (Å²) in [5, 5.41) is 0.541. The van der Waals surface area contributed by atoms with Gasteiger partial charge in [0, 0.05) is 36.8 Å². The van der Waals surface area contributed by atoms with Gasteiger partial charge in [-0.3, -0.25) is 9.59 Å². The normalized spacial score (nSPS) is 14.1. The summed E-state index contributed by atoms with van der Waals surface area (Å²) >= 11 is 5.96. The third-order valence-corrected chi connectivity index (χ3v) is 4.93. The van der Waals surface area contributed by atoms with Gasteiger partial charge < -0.3 is 14.5 Å². The lowest BCUT2D eigenvalue weighted by Crippen LogP contribution is -2.51. The van der Waals surface area contributed by atoms with Crippen LogP contribution >= 0.6 is 11.6 Å². The van der Waals surface area contributed by atoms with Crippen LogP contribution in [-0.4, -0.2) is 54.4 Å². The van der Waals surface area contributed by atoms with Gasteiger partial charge in [0.15, 0.2) is 6.61 Å². The van der Waals surface area contributed by atoms with Crippen LogP contribution in [0.1, 0.15) is 22.8 Å². The number of hydrogen-bond donors (Lipinski definition) is 0. The summed E-state index contributed by atoms with van der Waals surface area (Å²) in [7, 11) is 0. The Morgan fingerprint density at radius 3 is 2.41 bits per heavy atom. The lowest BCUT2D eigenvalue weighted by atomic mass is 10.1. The van der Waals surface area contributed by atoms with E-state index >= 15 is 0 Å². The van der Waals surface area contributed by atoms with E-state index in [0.29, 0.717) is 36.8 Å². The van der Waals surface area contributed by atoms with Gasteiger partial charge in [-0.15, -0.1) is 0 Å². The van der Waals surface area contributed by atoms with Gasteiger partial charge in [-0.1, -0.05) is 42.8 Å². The summed E-state index contributed by atoms with van der Waals surface area (Å²) in [5.74, 6) is 0.636. The van der Waals surface area contributed by atoms with Crippen molar-refractivity contribution in [2.45, 2.75) is 13.3 Å². The zero-order valence-corrected chi connectivity index (χ0v) is 16.1. The number of rotatable bonds is 5. The number of piperazine rings is 1. The number of ether oxygens (including phenoxy) is 1. The highest BCUT2D eigenvalue weighted by Crippen LogP contribution is 2.18. The van der Waals surface area contributed by atoms with E-state index in [0.717, 1.165) is 17.7 Å². The van der Waals surface area contributed by atoms with Gasteiger partial charge in [0.25, 0.3) is 11.8 Å². The van der Waals surface area contributed by atoms with Crippen molar-refractivity contribution < 1.29 is 14.3 Å². The zero-order chi connectivity index (χ0) is 19.2. The quantitative estimate of drug-likeness (QED) is 0.792. The van der Waals surface area contributed by atoms with E-state index < -0.39 is 0 Å². The fourth-order valence-electron chi connectivity index (χ4n) is 3.13. The van der Waals surface area contributed by atoms with E-state index in [1.54, 1.807) is 34.1 Å². The van der Waals surface area contributed by atoms with Gasteiger partial charge in [-0.2, -0.15) is 0 Å². The molecule has 27 heavy (non-hydrogen) atoms. The fraction of sp³-hybridized carbons (Fsp3) is 0.333. The summed E-state index contributed by atoms with van der Waals surface area (Å²) in [5.41, 5.74) is 1.66. The Kier molecular flexibility index (Phi) is 6.35. The van der Waals surface area contributed by atoms with Gasteiger partial charge in [0.05, 0.1) is 0 Å². The van der Waals surface area contributed by atoms with E-state index in [9.17, 15) is 9.59 Å². The molecule has 1 aliphatic heterocycles. The fourth-order valence-corrected chi connectivity index (χ4v) is 3.32. The molecule has 1 heterocycles. The Morgan fingerprint density at radius 1 is 1.00 bits per heavy atom. The molecule has 1 fully saturated rings. The minimum Gasteiger partial charge on any atom is -0.483 e. The van der Waals surface area contributed by atoms with Crippen LogP contribution in [0.5, 0.6) is 5.75 Å². The van der Waals surface area contributed by atoms with Crippen molar-refractivity contribution in [3.63, 3.8) is 0 Å². The molecule has 0 N–H and O–H groups in total. The minimum absolute atomic E-state index is 0.0131. The lowest BCUT2D eigenvalue weighted by molar-refractivity contribution is -0.134. The maximum absolute atomic E-state index is 12.5. The average molecular weight is 387 g/mol. The molecule has 142 valence electrons. The van der Waals surface area contributed by atoms with Crippen molar-refractivity contribution in [2.24, 2.45) is 0 Å². The van der Waals surface area contributed by atoms with Crippen molar-refractivity contribution in [2.75, 3.05) is 32.8 Å². The van der Waals surface area contributed by atoms with Crippen LogP contribution in [-0.2, 0) is 11.2 Å². The second-order valence-corrected chi connectivity index (χ2v) is 6.87. The van der Waals surface area contributed by atoms with E-state index in [2.05, 4.69) is 6.92 Å². The van der Waals surface area contributed by atoms with Crippen molar-refractivity contribution in [3.05, 3.63) is 64.7 Å². The van der Waals surface area contributed by atoms with Crippen LogP contribution in [0.25, 0.3) is 0 Å². The lowest BCUT2D eigenvalue weighted by Gasteiger charge is -2.34. The maximum Gasteiger partial charge on any atom is 0.260 e. The molecule has 1 aliphatic rings. The van der Waals surface area contributed by atoms with Crippen molar-refractivity contribution >= 4 is 23.4 Å². The molecule has 6 heteroatoms. The van der Waals surface area contributed by atoms with Crippen LogP contribution in [0.2, 0.25) is 5.02 Å². The average Bonchev–Trinajstić information content (AvgIpc) is 2.71. The van der Waals surface area contributed by atoms with Gasteiger partial charge in [0.2, 0.25) is 0 Å². The summed E-state index contributed by atoms with van der Waals surface area (Å²) in [6.45, 7) is 4.08. The van der Waals surface area contributed by atoms with Gasteiger partial charge in [-0.05, 0) is 36.2 Å². The first-order valence-electron chi connectivity index (χ1n) is 9.12. The Morgan fingerprint density at radius 2 is 1.70 bits per heavy atom. The number of amides is 2. The topological polar surface area (TPSA) is 49.9 Å². The molecule has 0 bridgehead atoms. The van der Waals surface area contributed by atoms with Crippen LogP contribution in [0.4, 0.5) is 0 Å². The molecule has 3 rings (SSSR count). The van der Waals surface area contributed by atoms with E-state index in [-0.39, 0.29) is 18.4 Å². The van der Waals surface area contributed by atoms with Crippen LogP contribution in [0.3, 0.4) is 0 Å². The number of aryl methyl sites for hydroxylation is 1. The SMILES string of the molecule is CCc1ccccc1OCC(=O)N1CCN(C(=O)c2cccc(Cl)c2)CC1. The third-order valence-electron chi connectivity index (χ3n) is 4.70. The van der Waals surface area contributed by atoms with Crippen LogP contribution in [0.15, 0.2) is 48.5 Å². The Balaban J connectivity index is 1.51. The molecular weight excluding hydrogens is 364 g/mol. The predicted octanol–water partition coefficient (Wildman–Crippen LogP) is 3.27. The second-order valence-electron chi connectivity index (χ2n) is 6.43. The predicted molar refractivity (Wildman–Crippen MR) is 105 cm³/mol. The molecule has 0 radical (unpaired) electrons. The molecule has 0 unspecified atom stereocenters. The monoisotopic (exact) mass is 386 g/mol. The molecule has 2 aromatic carbocycles. The minimum atomic E-state index is -0.0595. The van der Waals surface area contributed by atoms with Gasteiger partial charge in [0.1, 0.15) is 5.75 Å². The second kappa shape index (κ2) is 8.91. The molecule has 0 saturated carbocycles. The molecule has 0 atom stereocenters. The molecule has 2 amide bonds. The summed E-state index contributed by atoms with van der Waals surface area (Å²) < 4.78 is 5.71. The largest absolute Gasteiger partial charge is 0.483 e. The number of halogens is 1. The first-order valence-corrected chi connectivity index (χ1v) is 9.49. The first-order chi connectivity index (χ1) is 13.1. The van der Waals surface area contributed by atoms with E-state index in [4.69, 9.17) is 16.3 Å². The zero-order valence-electron chi connectivity index (χ0n) is 15.4. The number of para-hydroxylation sites is 1. The van der Waals surface area contributed by atoms with E-state index in [1.165, 1.54) is 0 Å². The highest BCUT2D eigenvalue weighted by molar-refractivity contribution is 6.30. The number of nitrogens with zero attached hydrogens (tertiary/aromatic N) is 2. The summed E-state index contributed by atoms with van der Waals surface area (Å²) in [4.78, 5) is 28.5. The summed E-state index contributed by atoms with van der Waals surface area (Å²) in [6, 6.07) is 14.7. The number of carbonyl (C=O) groups is 2.